The average Bonchev–Trinajstić information content (AvgIpc) is 2.71. The second-order valence-electron chi connectivity index (χ2n) is 9.39. The molecule has 2 rings (SSSR count). The van der Waals surface area contributed by atoms with Gasteiger partial charge in [0, 0.05) is 56.1 Å². The van der Waals surface area contributed by atoms with Crippen molar-refractivity contribution in [3.05, 3.63) is 24.3 Å². The first kappa shape index (κ1) is 25.5. The van der Waals surface area contributed by atoms with Gasteiger partial charge in [-0.25, -0.2) is 4.79 Å². The van der Waals surface area contributed by atoms with Crippen molar-refractivity contribution in [2.75, 3.05) is 42.9 Å². The van der Waals surface area contributed by atoms with E-state index >= 15 is 0 Å². The summed E-state index contributed by atoms with van der Waals surface area (Å²) in [5.41, 5.74) is 1.76. The third-order valence-corrected chi connectivity index (χ3v) is 5.34. The van der Waals surface area contributed by atoms with Gasteiger partial charge < -0.3 is 25.3 Å². The van der Waals surface area contributed by atoms with E-state index < -0.39 is 0 Å². The summed E-state index contributed by atoms with van der Waals surface area (Å²) >= 11 is 0. The van der Waals surface area contributed by atoms with Gasteiger partial charge >= 0.3 is 6.03 Å². The van der Waals surface area contributed by atoms with Gasteiger partial charge in [0.1, 0.15) is 6.54 Å². The van der Waals surface area contributed by atoms with Gasteiger partial charge in [-0.1, -0.05) is 13.8 Å². The highest BCUT2D eigenvalue weighted by Crippen LogP contribution is 2.20. The van der Waals surface area contributed by atoms with E-state index in [9.17, 15) is 14.4 Å². The Morgan fingerprint density at radius 1 is 0.938 bits per heavy atom. The third-order valence-electron chi connectivity index (χ3n) is 5.34. The first-order valence-corrected chi connectivity index (χ1v) is 11.6. The summed E-state index contributed by atoms with van der Waals surface area (Å²) in [6, 6.07) is 7.79. The summed E-state index contributed by atoms with van der Waals surface area (Å²) in [6.45, 7) is 14.7. The summed E-state index contributed by atoms with van der Waals surface area (Å²) in [5.74, 6) is 0.0564. The number of anilines is 2. The predicted molar refractivity (Wildman–Crippen MR) is 129 cm³/mol. The Balaban J connectivity index is 1.88. The molecule has 1 aliphatic rings. The maximum atomic E-state index is 12.5. The van der Waals surface area contributed by atoms with E-state index in [0.717, 1.165) is 18.8 Å². The smallest absolute Gasteiger partial charge is 0.317 e. The zero-order valence-corrected chi connectivity index (χ0v) is 20.4. The van der Waals surface area contributed by atoms with Crippen LogP contribution in [-0.4, -0.2) is 72.5 Å². The highest BCUT2D eigenvalue weighted by Gasteiger charge is 2.22. The van der Waals surface area contributed by atoms with Gasteiger partial charge in [0.2, 0.25) is 11.8 Å². The van der Waals surface area contributed by atoms with Crippen LogP contribution in [0.4, 0.5) is 16.2 Å². The first-order chi connectivity index (χ1) is 15.1. The molecule has 8 heteroatoms. The van der Waals surface area contributed by atoms with Crippen LogP contribution in [-0.2, 0) is 9.59 Å². The molecule has 0 unspecified atom stereocenters. The Hall–Kier alpha value is -2.77. The van der Waals surface area contributed by atoms with Crippen molar-refractivity contribution in [1.82, 2.24) is 15.1 Å². The Kier molecular flexibility index (Phi) is 9.35. The van der Waals surface area contributed by atoms with Crippen molar-refractivity contribution in [1.29, 1.82) is 0 Å². The fraction of sp³-hybridized carbons (Fsp3) is 0.625. The summed E-state index contributed by atoms with van der Waals surface area (Å²) in [6.07, 6.45) is 0.437. The maximum absolute atomic E-state index is 12.5. The van der Waals surface area contributed by atoms with E-state index in [2.05, 4.69) is 15.5 Å². The van der Waals surface area contributed by atoms with Crippen LogP contribution in [0, 0.1) is 5.92 Å². The van der Waals surface area contributed by atoms with E-state index in [4.69, 9.17) is 0 Å². The van der Waals surface area contributed by atoms with Crippen molar-refractivity contribution in [2.24, 2.45) is 5.92 Å². The van der Waals surface area contributed by atoms with Gasteiger partial charge in [0.25, 0.3) is 0 Å². The molecule has 8 nitrogen and oxygen atoms in total. The molecule has 0 aliphatic carbocycles. The van der Waals surface area contributed by atoms with Crippen molar-refractivity contribution >= 4 is 29.2 Å². The molecule has 0 spiro atoms. The van der Waals surface area contributed by atoms with Crippen LogP contribution in [0.15, 0.2) is 24.3 Å². The lowest BCUT2D eigenvalue weighted by molar-refractivity contribution is -0.137. The molecule has 0 aromatic heterocycles. The van der Waals surface area contributed by atoms with Gasteiger partial charge in [0.15, 0.2) is 0 Å². The third kappa shape index (κ3) is 7.73. The predicted octanol–water partition coefficient (Wildman–Crippen LogP) is 3.15. The van der Waals surface area contributed by atoms with Crippen LogP contribution in [0.5, 0.6) is 0 Å². The van der Waals surface area contributed by atoms with Gasteiger partial charge in [-0.05, 0) is 57.9 Å². The zero-order chi connectivity index (χ0) is 23.8. The summed E-state index contributed by atoms with van der Waals surface area (Å²) < 4.78 is 0. The summed E-state index contributed by atoms with van der Waals surface area (Å²) in [4.78, 5) is 42.8. The van der Waals surface area contributed by atoms with Gasteiger partial charge in [-0.2, -0.15) is 0 Å². The molecular formula is C24H39N5O3. The minimum atomic E-state index is -0.201. The lowest BCUT2D eigenvalue weighted by Crippen LogP contribution is -2.52. The highest BCUT2D eigenvalue weighted by atomic mass is 16.2. The Labute approximate surface area is 192 Å². The normalized spacial score (nSPS) is 14.2. The van der Waals surface area contributed by atoms with Gasteiger partial charge in [-0.3, -0.25) is 9.59 Å². The Morgan fingerprint density at radius 3 is 2.03 bits per heavy atom. The molecule has 32 heavy (non-hydrogen) atoms. The number of carbonyl (C=O) groups excluding carboxylic acids is 3. The van der Waals surface area contributed by atoms with Crippen LogP contribution in [0.3, 0.4) is 0 Å². The van der Waals surface area contributed by atoms with Crippen molar-refractivity contribution in [3.8, 4) is 0 Å². The molecular weight excluding hydrogens is 406 g/mol. The van der Waals surface area contributed by atoms with Crippen molar-refractivity contribution < 1.29 is 14.4 Å². The molecule has 1 fully saturated rings. The molecule has 178 valence electrons. The fourth-order valence-electron chi connectivity index (χ4n) is 3.64. The highest BCUT2D eigenvalue weighted by molar-refractivity contribution is 5.94. The zero-order valence-electron chi connectivity index (χ0n) is 20.4. The molecule has 1 saturated heterocycles. The van der Waals surface area contributed by atoms with E-state index in [1.165, 1.54) is 0 Å². The van der Waals surface area contributed by atoms with Gasteiger partial charge in [-0.15, -0.1) is 0 Å². The van der Waals surface area contributed by atoms with Crippen molar-refractivity contribution in [2.45, 2.75) is 60.0 Å². The molecule has 1 aromatic carbocycles. The first-order valence-electron chi connectivity index (χ1n) is 11.6. The summed E-state index contributed by atoms with van der Waals surface area (Å²) in [5, 5.41) is 5.83. The molecule has 0 saturated carbocycles. The maximum Gasteiger partial charge on any atom is 0.317 e. The number of piperazine rings is 1. The van der Waals surface area contributed by atoms with E-state index in [1.807, 2.05) is 70.7 Å². The lowest BCUT2D eigenvalue weighted by atomic mass is 10.1. The molecule has 0 radical (unpaired) electrons. The standard InChI is InChI=1S/C24H39N5O3/c1-17(2)15-23(31)29(19(5)6)16-22(30)26-20-7-9-21(10-8-20)27-11-13-28(14-12-27)24(32)25-18(3)4/h7-10,17-19H,11-16H2,1-6H3,(H,25,32)(H,26,30). The lowest BCUT2D eigenvalue weighted by Gasteiger charge is -2.36. The number of hydrogen-bond acceptors (Lipinski definition) is 4. The Bertz CT molecular complexity index is 768. The second kappa shape index (κ2) is 11.7. The van der Waals surface area contributed by atoms with Crippen molar-refractivity contribution in [3.63, 3.8) is 0 Å². The molecule has 1 heterocycles. The largest absolute Gasteiger partial charge is 0.368 e. The minimum absolute atomic E-state index is 0.00159. The van der Waals surface area contributed by atoms with E-state index in [1.54, 1.807) is 4.90 Å². The number of carbonyl (C=O) groups is 3. The molecule has 4 amide bonds. The molecule has 2 N–H and O–H groups in total. The quantitative estimate of drug-likeness (QED) is 0.644. The van der Waals surface area contributed by atoms with Crippen LogP contribution in [0.2, 0.25) is 0 Å². The van der Waals surface area contributed by atoms with Crippen LogP contribution in [0.1, 0.15) is 48.0 Å². The van der Waals surface area contributed by atoms with E-state index in [-0.39, 0.29) is 42.4 Å². The molecule has 0 bridgehead atoms. The van der Waals surface area contributed by atoms with Crippen LogP contribution >= 0.6 is 0 Å². The number of benzene rings is 1. The molecule has 1 aromatic rings. The number of nitrogens with zero attached hydrogens (tertiary/aromatic N) is 3. The second-order valence-corrected chi connectivity index (χ2v) is 9.39. The SMILES string of the molecule is CC(C)CC(=O)N(CC(=O)Nc1ccc(N2CCN(C(=O)NC(C)C)CC2)cc1)C(C)C. The number of nitrogens with one attached hydrogen (secondary N) is 2. The van der Waals surface area contributed by atoms with Crippen LogP contribution < -0.4 is 15.5 Å². The number of rotatable bonds is 8. The monoisotopic (exact) mass is 445 g/mol. The van der Waals surface area contributed by atoms with Crippen LogP contribution in [0.25, 0.3) is 0 Å². The number of urea groups is 1. The summed E-state index contributed by atoms with van der Waals surface area (Å²) in [7, 11) is 0. The molecule has 0 atom stereocenters. The topological polar surface area (TPSA) is 85.0 Å². The fourth-order valence-corrected chi connectivity index (χ4v) is 3.64. The Morgan fingerprint density at radius 2 is 1.53 bits per heavy atom. The number of hydrogen-bond donors (Lipinski definition) is 2. The molecule has 1 aliphatic heterocycles. The van der Waals surface area contributed by atoms with E-state index in [0.29, 0.717) is 25.2 Å². The van der Waals surface area contributed by atoms with Gasteiger partial charge in [0.05, 0.1) is 0 Å². The minimum Gasteiger partial charge on any atom is -0.368 e. The average molecular weight is 446 g/mol. The number of amides is 4.